The van der Waals surface area contributed by atoms with Crippen LogP contribution in [-0.4, -0.2) is 40.3 Å². The first-order valence-electron chi connectivity index (χ1n) is 7.93. The highest BCUT2D eigenvalue weighted by Crippen LogP contribution is 2.23. The monoisotopic (exact) mass is 360 g/mol. The fourth-order valence-corrected chi connectivity index (χ4v) is 5.21. The smallest absolute Gasteiger partial charge is 0.208 e. The van der Waals surface area contributed by atoms with E-state index in [1.54, 1.807) is 0 Å². The zero-order valence-corrected chi connectivity index (χ0v) is 15.2. The van der Waals surface area contributed by atoms with Crippen LogP contribution in [0.3, 0.4) is 0 Å². The minimum atomic E-state index is -3.58. The summed E-state index contributed by atoms with van der Waals surface area (Å²) in [5.74, 6) is 0. The van der Waals surface area contributed by atoms with Gasteiger partial charge in [-0.15, -0.1) is 0 Å². The Morgan fingerprint density at radius 1 is 0.957 bits per heavy atom. The van der Waals surface area contributed by atoms with Gasteiger partial charge in [-0.1, -0.05) is 13.8 Å². The third-order valence-corrected chi connectivity index (χ3v) is 7.07. The Bertz CT molecular complexity index is 717. The Morgan fingerprint density at radius 3 is 1.87 bits per heavy atom. The molecule has 0 saturated heterocycles. The predicted octanol–water partition coefficient (Wildman–Crippen LogP) is 1.94. The van der Waals surface area contributed by atoms with Crippen molar-refractivity contribution in [2.45, 2.75) is 55.4 Å². The van der Waals surface area contributed by atoms with Gasteiger partial charge in [-0.25, -0.2) is 21.6 Å². The Kier molecular flexibility index (Phi) is 5.83. The van der Waals surface area contributed by atoms with Crippen molar-refractivity contribution >= 4 is 20.0 Å². The van der Waals surface area contributed by atoms with Crippen LogP contribution in [0, 0.1) is 0 Å². The molecule has 2 rings (SSSR count). The van der Waals surface area contributed by atoms with E-state index in [0.717, 1.165) is 25.7 Å². The molecule has 8 heteroatoms. The molecule has 0 aliphatic heterocycles. The first kappa shape index (κ1) is 18.4. The summed E-state index contributed by atoms with van der Waals surface area (Å²) in [6, 6.07) is 5.47. The summed E-state index contributed by atoms with van der Waals surface area (Å²) in [6.45, 7) is 4.77. The van der Waals surface area contributed by atoms with Gasteiger partial charge in [-0.05, 0) is 49.9 Å². The maximum atomic E-state index is 12.6. The zero-order valence-electron chi connectivity index (χ0n) is 13.5. The minimum Gasteiger partial charge on any atom is -0.208 e. The molecule has 1 aromatic carbocycles. The quantitative estimate of drug-likeness (QED) is 0.729. The van der Waals surface area contributed by atoms with E-state index in [9.17, 15) is 16.8 Å². The molecule has 0 unspecified atom stereocenters. The second-order valence-corrected chi connectivity index (χ2v) is 9.42. The normalized spacial score (nSPS) is 16.0. The van der Waals surface area contributed by atoms with Crippen molar-refractivity contribution in [2.75, 3.05) is 13.1 Å². The molecule has 1 aliphatic carbocycles. The number of hydrogen-bond acceptors (Lipinski definition) is 4. The number of rotatable bonds is 9. The minimum absolute atomic E-state index is 0.0213. The summed E-state index contributed by atoms with van der Waals surface area (Å²) >= 11 is 0. The maximum absolute atomic E-state index is 12.6. The molecule has 0 heterocycles. The first-order valence-corrected chi connectivity index (χ1v) is 10.9. The van der Waals surface area contributed by atoms with Crippen molar-refractivity contribution in [3.8, 4) is 0 Å². The average Bonchev–Trinajstić information content (AvgIpc) is 3.30. The molecule has 1 fully saturated rings. The van der Waals surface area contributed by atoms with Crippen molar-refractivity contribution in [1.29, 1.82) is 0 Å². The van der Waals surface area contributed by atoms with Crippen LogP contribution in [0.4, 0.5) is 0 Å². The molecule has 0 aromatic heterocycles. The number of hydrogen-bond donors (Lipinski definition) is 1. The van der Waals surface area contributed by atoms with Crippen molar-refractivity contribution in [3.05, 3.63) is 24.3 Å². The van der Waals surface area contributed by atoms with E-state index in [1.807, 2.05) is 13.8 Å². The van der Waals surface area contributed by atoms with Crippen LogP contribution in [0.15, 0.2) is 34.1 Å². The lowest BCUT2D eigenvalue weighted by atomic mass is 10.4. The van der Waals surface area contributed by atoms with E-state index >= 15 is 0 Å². The highest BCUT2D eigenvalue weighted by molar-refractivity contribution is 7.89. The number of nitrogens with one attached hydrogen (secondary N) is 1. The number of sulfonamides is 2. The molecule has 0 amide bonds. The lowest BCUT2D eigenvalue weighted by Gasteiger charge is -2.21. The second kappa shape index (κ2) is 7.29. The fourth-order valence-electron chi connectivity index (χ4n) is 2.28. The van der Waals surface area contributed by atoms with Crippen LogP contribution in [0.1, 0.15) is 39.5 Å². The van der Waals surface area contributed by atoms with Gasteiger partial charge in [0.1, 0.15) is 0 Å². The van der Waals surface area contributed by atoms with Gasteiger partial charge in [0.05, 0.1) is 9.79 Å². The molecule has 0 bridgehead atoms. The molecule has 6 nitrogen and oxygen atoms in total. The van der Waals surface area contributed by atoms with Crippen LogP contribution in [0.5, 0.6) is 0 Å². The molecule has 0 radical (unpaired) electrons. The predicted molar refractivity (Wildman–Crippen MR) is 89.1 cm³/mol. The van der Waals surface area contributed by atoms with E-state index in [2.05, 4.69) is 4.72 Å². The third-order valence-electron chi connectivity index (χ3n) is 3.62. The van der Waals surface area contributed by atoms with Crippen LogP contribution < -0.4 is 4.72 Å². The lowest BCUT2D eigenvalue weighted by molar-refractivity contribution is 0.410. The Morgan fingerprint density at radius 2 is 1.43 bits per heavy atom. The molecule has 0 spiro atoms. The van der Waals surface area contributed by atoms with Gasteiger partial charge in [0.2, 0.25) is 20.0 Å². The summed E-state index contributed by atoms with van der Waals surface area (Å²) in [6.07, 6.45) is 3.18. The van der Waals surface area contributed by atoms with E-state index < -0.39 is 20.0 Å². The number of benzene rings is 1. The average molecular weight is 361 g/mol. The van der Waals surface area contributed by atoms with Crippen molar-refractivity contribution < 1.29 is 16.8 Å². The topological polar surface area (TPSA) is 83.6 Å². The van der Waals surface area contributed by atoms with Crippen molar-refractivity contribution in [2.24, 2.45) is 0 Å². The Balaban J connectivity index is 2.23. The van der Waals surface area contributed by atoms with Gasteiger partial charge in [-0.2, -0.15) is 4.31 Å². The molecule has 0 atom stereocenters. The highest BCUT2D eigenvalue weighted by Gasteiger charge is 2.28. The molecule has 1 aromatic rings. The summed E-state index contributed by atoms with van der Waals surface area (Å²) in [4.78, 5) is 0.227. The summed E-state index contributed by atoms with van der Waals surface area (Å²) in [5.41, 5.74) is 0. The maximum Gasteiger partial charge on any atom is 0.243 e. The zero-order chi connectivity index (χ0) is 17.1. The van der Waals surface area contributed by atoms with Gasteiger partial charge < -0.3 is 0 Å². The van der Waals surface area contributed by atoms with E-state index in [1.165, 1.54) is 28.6 Å². The lowest BCUT2D eigenvalue weighted by Crippen LogP contribution is -2.32. The summed E-state index contributed by atoms with van der Waals surface area (Å²) < 4.78 is 53.5. The van der Waals surface area contributed by atoms with Gasteiger partial charge in [-0.3, -0.25) is 0 Å². The van der Waals surface area contributed by atoms with Gasteiger partial charge in [0.25, 0.3) is 0 Å². The second-order valence-electron chi connectivity index (χ2n) is 5.77. The molecular formula is C15H24N2O4S2. The summed E-state index contributed by atoms with van der Waals surface area (Å²) in [7, 11) is -7.14. The van der Waals surface area contributed by atoms with Crippen LogP contribution >= 0.6 is 0 Å². The molecule has 1 aliphatic rings. The largest absolute Gasteiger partial charge is 0.243 e. The molecular weight excluding hydrogens is 336 g/mol. The van der Waals surface area contributed by atoms with Gasteiger partial charge in [0, 0.05) is 19.1 Å². The van der Waals surface area contributed by atoms with Gasteiger partial charge in [0.15, 0.2) is 0 Å². The van der Waals surface area contributed by atoms with Gasteiger partial charge >= 0.3 is 0 Å². The molecule has 1 saturated carbocycles. The standard InChI is InChI=1S/C15H24N2O4S2/c1-3-11-17(12-4-2)23(20,21)15-9-7-14(8-10-15)22(18,19)16-13-5-6-13/h7-10,13,16H,3-6,11-12H2,1-2H3. The van der Waals surface area contributed by atoms with Crippen molar-refractivity contribution in [1.82, 2.24) is 9.03 Å². The molecule has 130 valence electrons. The summed E-state index contributed by atoms with van der Waals surface area (Å²) in [5, 5.41) is 0. The van der Waals surface area contributed by atoms with E-state index in [0.29, 0.717) is 13.1 Å². The van der Waals surface area contributed by atoms with E-state index in [-0.39, 0.29) is 15.8 Å². The first-order chi connectivity index (χ1) is 10.8. The van der Waals surface area contributed by atoms with E-state index in [4.69, 9.17) is 0 Å². The Hall–Kier alpha value is -0.960. The third kappa shape index (κ3) is 4.53. The van der Waals surface area contributed by atoms with Crippen LogP contribution in [0.2, 0.25) is 0 Å². The highest BCUT2D eigenvalue weighted by atomic mass is 32.2. The van der Waals surface area contributed by atoms with Crippen LogP contribution in [-0.2, 0) is 20.0 Å². The fraction of sp³-hybridized carbons (Fsp3) is 0.600. The number of nitrogens with zero attached hydrogens (tertiary/aromatic N) is 1. The van der Waals surface area contributed by atoms with Crippen molar-refractivity contribution in [3.63, 3.8) is 0 Å². The molecule has 23 heavy (non-hydrogen) atoms. The van der Waals surface area contributed by atoms with Crippen LogP contribution in [0.25, 0.3) is 0 Å². The molecule has 1 N–H and O–H groups in total. The Labute approximate surface area is 139 Å². The SMILES string of the molecule is CCCN(CCC)S(=O)(=O)c1ccc(S(=O)(=O)NC2CC2)cc1.